The number of nitrogens with one attached hydrogen (secondary N) is 1. The number of methoxy groups -OCH3 is 1. The SMILES string of the molecule is COc1ccc(NC(=O)c2cnc(SC)n2-c2ccccc2)cc1S(=O)(=O)N1CCCCC1. The molecule has 0 atom stereocenters. The summed E-state index contributed by atoms with van der Waals surface area (Å²) in [6, 6.07) is 14.1. The Morgan fingerprint density at radius 1 is 1.09 bits per heavy atom. The van der Waals surface area contributed by atoms with E-state index >= 15 is 0 Å². The zero-order valence-corrected chi connectivity index (χ0v) is 20.2. The highest BCUT2D eigenvalue weighted by atomic mass is 32.2. The van der Waals surface area contributed by atoms with E-state index in [1.54, 1.807) is 16.7 Å². The molecule has 1 saturated heterocycles. The molecule has 33 heavy (non-hydrogen) atoms. The number of amides is 1. The van der Waals surface area contributed by atoms with Crippen LogP contribution in [0.15, 0.2) is 64.8 Å². The van der Waals surface area contributed by atoms with Crippen LogP contribution in [0.2, 0.25) is 0 Å². The summed E-state index contributed by atoms with van der Waals surface area (Å²) in [5, 5.41) is 3.50. The number of hydrogen-bond acceptors (Lipinski definition) is 6. The van der Waals surface area contributed by atoms with Crippen molar-refractivity contribution in [3.8, 4) is 11.4 Å². The van der Waals surface area contributed by atoms with Gasteiger partial charge in [-0.2, -0.15) is 4.31 Å². The van der Waals surface area contributed by atoms with Crippen LogP contribution in [0.3, 0.4) is 0 Å². The molecule has 10 heteroatoms. The van der Waals surface area contributed by atoms with Crippen LogP contribution in [-0.4, -0.2) is 54.6 Å². The normalized spacial score (nSPS) is 14.7. The summed E-state index contributed by atoms with van der Waals surface area (Å²) in [5.41, 5.74) is 1.53. The second-order valence-corrected chi connectivity index (χ2v) is 10.3. The number of piperidine rings is 1. The summed E-state index contributed by atoms with van der Waals surface area (Å²) in [6.45, 7) is 0.964. The maximum atomic E-state index is 13.3. The number of benzene rings is 2. The van der Waals surface area contributed by atoms with Gasteiger partial charge in [-0.05, 0) is 49.4 Å². The summed E-state index contributed by atoms with van der Waals surface area (Å²) in [5.74, 6) is -0.143. The highest BCUT2D eigenvalue weighted by molar-refractivity contribution is 7.98. The third-order valence-corrected chi connectivity index (χ3v) is 8.09. The fraction of sp³-hybridized carbons (Fsp3) is 0.304. The first-order chi connectivity index (χ1) is 16.0. The molecule has 174 valence electrons. The average molecular weight is 487 g/mol. The molecule has 1 fully saturated rings. The monoisotopic (exact) mass is 486 g/mol. The lowest BCUT2D eigenvalue weighted by atomic mass is 10.2. The van der Waals surface area contributed by atoms with Crippen LogP contribution < -0.4 is 10.1 Å². The summed E-state index contributed by atoms with van der Waals surface area (Å²) >= 11 is 1.43. The van der Waals surface area contributed by atoms with Gasteiger partial charge in [-0.25, -0.2) is 13.4 Å². The van der Waals surface area contributed by atoms with E-state index in [2.05, 4.69) is 10.3 Å². The largest absolute Gasteiger partial charge is 0.495 e. The van der Waals surface area contributed by atoms with Gasteiger partial charge in [-0.1, -0.05) is 36.4 Å². The first-order valence-electron chi connectivity index (χ1n) is 10.6. The second kappa shape index (κ2) is 9.98. The molecule has 1 aliphatic rings. The molecule has 2 aromatic carbocycles. The van der Waals surface area contributed by atoms with E-state index in [4.69, 9.17) is 4.74 Å². The van der Waals surface area contributed by atoms with Crippen LogP contribution in [0, 0.1) is 0 Å². The van der Waals surface area contributed by atoms with Crippen molar-refractivity contribution >= 4 is 33.4 Å². The average Bonchev–Trinajstić information content (AvgIpc) is 3.29. The van der Waals surface area contributed by atoms with Gasteiger partial charge in [0.1, 0.15) is 16.3 Å². The minimum atomic E-state index is -3.74. The third-order valence-electron chi connectivity index (χ3n) is 5.51. The number of anilines is 1. The number of aromatic nitrogens is 2. The van der Waals surface area contributed by atoms with Gasteiger partial charge >= 0.3 is 0 Å². The zero-order chi connectivity index (χ0) is 23.4. The molecule has 3 aromatic rings. The maximum Gasteiger partial charge on any atom is 0.274 e. The molecule has 1 aliphatic heterocycles. The lowest BCUT2D eigenvalue weighted by Gasteiger charge is -2.26. The molecule has 0 aliphatic carbocycles. The topological polar surface area (TPSA) is 93.5 Å². The summed E-state index contributed by atoms with van der Waals surface area (Å²) in [7, 11) is -2.31. The highest BCUT2D eigenvalue weighted by Gasteiger charge is 2.29. The first kappa shape index (κ1) is 23.3. The number of hydrogen-bond donors (Lipinski definition) is 1. The lowest BCUT2D eigenvalue weighted by molar-refractivity contribution is 0.102. The van der Waals surface area contributed by atoms with Gasteiger partial charge < -0.3 is 10.1 Å². The van der Waals surface area contributed by atoms with Crippen LogP contribution in [0.4, 0.5) is 5.69 Å². The van der Waals surface area contributed by atoms with E-state index in [0.29, 0.717) is 29.6 Å². The predicted octanol–water partition coefficient (Wildman–Crippen LogP) is 4.03. The van der Waals surface area contributed by atoms with Crippen molar-refractivity contribution in [1.82, 2.24) is 13.9 Å². The Balaban J connectivity index is 1.66. The number of para-hydroxylation sites is 1. The molecule has 0 saturated carbocycles. The molecule has 1 aromatic heterocycles. The van der Waals surface area contributed by atoms with Gasteiger partial charge in [-0.15, -0.1) is 0 Å². The number of imidazole rings is 1. The van der Waals surface area contributed by atoms with E-state index < -0.39 is 15.9 Å². The number of carbonyl (C=O) groups is 1. The minimum absolute atomic E-state index is 0.0473. The van der Waals surface area contributed by atoms with Crippen LogP contribution >= 0.6 is 11.8 Å². The smallest absolute Gasteiger partial charge is 0.274 e. The van der Waals surface area contributed by atoms with Crippen LogP contribution in [0.5, 0.6) is 5.75 Å². The number of ether oxygens (including phenoxy) is 1. The Kier molecular flexibility index (Phi) is 7.06. The molecular formula is C23H26N4O4S2. The van der Waals surface area contributed by atoms with Crippen LogP contribution in [-0.2, 0) is 10.0 Å². The predicted molar refractivity (Wildman–Crippen MR) is 129 cm³/mol. The molecule has 0 spiro atoms. The fourth-order valence-corrected chi connectivity index (χ4v) is 6.10. The van der Waals surface area contributed by atoms with Crippen molar-refractivity contribution < 1.29 is 17.9 Å². The third kappa shape index (κ3) is 4.78. The van der Waals surface area contributed by atoms with E-state index in [0.717, 1.165) is 24.9 Å². The number of carbonyl (C=O) groups excluding carboxylic acids is 1. The van der Waals surface area contributed by atoms with Gasteiger partial charge in [0, 0.05) is 24.5 Å². The first-order valence-corrected chi connectivity index (χ1v) is 13.3. The van der Waals surface area contributed by atoms with Gasteiger partial charge in [0.05, 0.1) is 13.3 Å². The fourth-order valence-electron chi connectivity index (χ4n) is 3.86. The summed E-state index contributed by atoms with van der Waals surface area (Å²) < 4.78 is 35.1. The van der Waals surface area contributed by atoms with Crippen molar-refractivity contribution in [1.29, 1.82) is 0 Å². The second-order valence-electron chi connectivity index (χ2n) is 7.59. The van der Waals surface area contributed by atoms with Crippen molar-refractivity contribution in [2.45, 2.75) is 29.3 Å². The molecule has 4 rings (SSSR count). The lowest BCUT2D eigenvalue weighted by Crippen LogP contribution is -2.35. The van der Waals surface area contributed by atoms with Gasteiger partial charge in [0.2, 0.25) is 10.0 Å². The molecule has 1 N–H and O–H groups in total. The number of rotatable bonds is 7. The van der Waals surface area contributed by atoms with E-state index in [1.165, 1.54) is 35.4 Å². The van der Waals surface area contributed by atoms with Crippen molar-refractivity contribution in [2.75, 3.05) is 31.8 Å². The maximum absolute atomic E-state index is 13.3. The Hall–Kier alpha value is -2.82. The Labute approximate surface area is 198 Å². The standard InChI is InChI=1S/C23H26N4O4S2/c1-31-20-12-11-17(15-21(20)33(29,30)26-13-7-4-8-14-26)25-22(28)19-16-24-23(32-2)27(19)18-9-5-3-6-10-18/h3,5-6,9-12,15-16H,4,7-8,13-14H2,1-2H3,(H,25,28). The summed E-state index contributed by atoms with van der Waals surface area (Å²) in [4.78, 5) is 17.6. The van der Waals surface area contributed by atoms with E-state index in [1.807, 2.05) is 36.6 Å². The zero-order valence-electron chi connectivity index (χ0n) is 18.5. The number of nitrogens with zero attached hydrogens (tertiary/aromatic N) is 3. The summed E-state index contributed by atoms with van der Waals surface area (Å²) in [6.07, 6.45) is 6.10. The molecule has 8 nitrogen and oxygen atoms in total. The van der Waals surface area contributed by atoms with Crippen molar-refractivity contribution in [3.63, 3.8) is 0 Å². The van der Waals surface area contributed by atoms with Gasteiger partial charge in [0.15, 0.2) is 5.16 Å². The molecule has 0 unspecified atom stereocenters. The van der Waals surface area contributed by atoms with E-state index in [-0.39, 0.29) is 10.6 Å². The molecule has 0 bridgehead atoms. The highest BCUT2D eigenvalue weighted by Crippen LogP contribution is 2.31. The van der Waals surface area contributed by atoms with Gasteiger partial charge in [-0.3, -0.25) is 9.36 Å². The Morgan fingerprint density at radius 2 is 1.82 bits per heavy atom. The van der Waals surface area contributed by atoms with Crippen molar-refractivity contribution in [3.05, 3.63) is 60.4 Å². The molecule has 0 radical (unpaired) electrons. The van der Waals surface area contributed by atoms with Crippen LogP contribution in [0.25, 0.3) is 5.69 Å². The van der Waals surface area contributed by atoms with Crippen LogP contribution in [0.1, 0.15) is 29.8 Å². The van der Waals surface area contributed by atoms with Gasteiger partial charge in [0.25, 0.3) is 5.91 Å². The van der Waals surface area contributed by atoms with E-state index in [9.17, 15) is 13.2 Å². The quantitative estimate of drug-likeness (QED) is 0.507. The molecular weight excluding hydrogens is 460 g/mol. The molecule has 2 heterocycles. The molecule has 1 amide bonds. The number of sulfonamides is 1. The van der Waals surface area contributed by atoms with Crippen molar-refractivity contribution in [2.24, 2.45) is 0 Å². The Morgan fingerprint density at radius 3 is 2.48 bits per heavy atom. The minimum Gasteiger partial charge on any atom is -0.495 e. The number of thioether (sulfide) groups is 1. The Bertz CT molecular complexity index is 1240.